The van der Waals surface area contributed by atoms with E-state index in [1.165, 1.54) is 4.90 Å². The molecule has 256 valence electrons. The Morgan fingerprint density at radius 2 is 1.52 bits per heavy atom. The van der Waals surface area contributed by atoms with Crippen LogP contribution < -0.4 is 15.5 Å². The Balaban J connectivity index is 1.27. The van der Waals surface area contributed by atoms with Crippen LogP contribution in [0.5, 0.6) is 0 Å². The number of aliphatic hydroxyl groups is 2. The zero-order valence-corrected chi connectivity index (χ0v) is 27.8. The van der Waals surface area contributed by atoms with E-state index < -0.39 is 17.4 Å². The summed E-state index contributed by atoms with van der Waals surface area (Å²) < 4.78 is 0. The smallest absolute Gasteiger partial charge is 0.264 e. The van der Waals surface area contributed by atoms with Crippen molar-refractivity contribution in [2.45, 2.75) is 44.4 Å². The fourth-order valence-corrected chi connectivity index (χ4v) is 6.68. The highest BCUT2D eigenvalue weighted by atomic mass is 16.3. The summed E-state index contributed by atoms with van der Waals surface area (Å²) in [6.07, 6.45) is 4.99. The zero-order chi connectivity index (χ0) is 35.3. The van der Waals surface area contributed by atoms with Gasteiger partial charge in [-0.25, -0.2) is 0 Å². The van der Waals surface area contributed by atoms with Crippen molar-refractivity contribution in [1.82, 2.24) is 4.90 Å². The van der Waals surface area contributed by atoms with Crippen LogP contribution in [0.15, 0.2) is 115 Å². The first-order valence-electron chi connectivity index (χ1n) is 16.8. The molecule has 2 heterocycles. The van der Waals surface area contributed by atoms with E-state index in [1.807, 2.05) is 18.2 Å². The topological polar surface area (TPSA) is 139 Å². The van der Waals surface area contributed by atoms with Gasteiger partial charge < -0.3 is 30.6 Å². The number of benzene rings is 4. The van der Waals surface area contributed by atoms with E-state index in [-0.39, 0.29) is 43.3 Å². The minimum atomic E-state index is -2.01. The van der Waals surface area contributed by atoms with Crippen LogP contribution in [0.25, 0.3) is 0 Å². The Morgan fingerprint density at radius 3 is 2.16 bits per heavy atom. The SMILES string of the molecule is C[C@@H](/C=C/CC(=O)N1CCC[C@H]1CO)[C@]1(O)C(=O)N(Cc2cccc(NC(=O)c3ccccc3)c2)c2ccc(NC(=O)c3ccccc3)cc21. The standard InChI is InChI=1S/C40H40N4O6/c1-27(11-8-19-36(46)43-22-10-18-33(43)26-45)40(50)34-24-32(42-38(48)30-15-6-3-7-16-30)20-21-35(34)44(39(40)49)25-28-12-9-17-31(23-28)41-37(47)29-13-4-2-5-14-29/h2-9,11-17,20-21,23-24,27,33,45,50H,10,18-19,22,25-26H2,1H3,(H,41,47)(H,42,48)/b11-8+/t27-,33-,40+/m0/s1. The van der Waals surface area contributed by atoms with Crippen LogP contribution in [0.4, 0.5) is 17.1 Å². The fourth-order valence-electron chi connectivity index (χ4n) is 6.68. The molecule has 4 aromatic rings. The average molecular weight is 673 g/mol. The number of hydrogen-bond donors (Lipinski definition) is 4. The molecule has 10 heteroatoms. The lowest BCUT2D eigenvalue weighted by Crippen LogP contribution is -2.44. The summed E-state index contributed by atoms with van der Waals surface area (Å²) in [7, 11) is 0. The molecule has 10 nitrogen and oxygen atoms in total. The van der Waals surface area contributed by atoms with Gasteiger partial charge in [-0.2, -0.15) is 0 Å². The van der Waals surface area contributed by atoms with Crippen molar-refractivity contribution >= 4 is 40.7 Å². The van der Waals surface area contributed by atoms with Gasteiger partial charge in [-0.05, 0) is 73.0 Å². The highest BCUT2D eigenvalue weighted by Crippen LogP contribution is 2.47. The highest BCUT2D eigenvalue weighted by Gasteiger charge is 2.52. The van der Waals surface area contributed by atoms with Crippen molar-refractivity contribution in [2.75, 3.05) is 28.7 Å². The molecular weight excluding hydrogens is 632 g/mol. The molecule has 4 aromatic carbocycles. The molecule has 1 saturated heterocycles. The van der Waals surface area contributed by atoms with Crippen molar-refractivity contribution in [3.05, 3.63) is 138 Å². The lowest BCUT2D eigenvalue weighted by atomic mass is 9.82. The van der Waals surface area contributed by atoms with Crippen molar-refractivity contribution in [3.8, 4) is 0 Å². The van der Waals surface area contributed by atoms with Crippen LogP contribution in [0, 0.1) is 5.92 Å². The lowest BCUT2D eigenvalue weighted by molar-refractivity contribution is -0.139. The van der Waals surface area contributed by atoms with Crippen LogP contribution in [0.2, 0.25) is 0 Å². The molecule has 0 spiro atoms. The number of hydrogen-bond acceptors (Lipinski definition) is 6. The van der Waals surface area contributed by atoms with Crippen molar-refractivity contribution < 1.29 is 29.4 Å². The van der Waals surface area contributed by atoms with E-state index in [0.29, 0.717) is 40.3 Å². The molecular formula is C40H40N4O6. The number of carbonyl (C=O) groups is 4. The van der Waals surface area contributed by atoms with Gasteiger partial charge in [0.15, 0.2) is 5.60 Å². The van der Waals surface area contributed by atoms with Crippen molar-refractivity contribution in [2.24, 2.45) is 5.92 Å². The number of carbonyl (C=O) groups excluding carboxylic acids is 4. The molecule has 0 aromatic heterocycles. The molecule has 4 N–H and O–H groups in total. The van der Waals surface area contributed by atoms with Gasteiger partial charge in [0.2, 0.25) is 5.91 Å². The van der Waals surface area contributed by atoms with Gasteiger partial charge in [-0.15, -0.1) is 0 Å². The summed E-state index contributed by atoms with van der Waals surface area (Å²) in [5, 5.41) is 27.7. The molecule has 6 rings (SSSR count). The molecule has 2 aliphatic heterocycles. The second-order valence-electron chi connectivity index (χ2n) is 12.7. The minimum absolute atomic E-state index is 0.0658. The maximum Gasteiger partial charge on any atom is 0.264 e. The van der Waals surface area contributed by atoms with E-state index in [4.69, 9.17) is 0 Å². The first kappa shape index (κ1) is 34.3. The van der Waals surface area contributed by atoms with Gasteiger partial charge in [0.05, 0.1) is 24.9 Å². The van der Waals surface area contributed by atoms with Crippen LogP contribution in [-0.4, -0.2) is 57.9 Å². The monoisotopic (exact) mass is 672 g/mol. The van der Waals surface area contributed by atoms with E-state index in [2.05, 4.69) is 10.6 Å². The Morgan fingerprint density at radius 1 is 0.880 bits per heavy atom. The van der Waals surface area contributed by atoms with Crippen LogP contribution in [0.3, 0.4) is 0 Å². The number of anilines is 3. The lowest BCUT2D eigenvalue weighted by Gasteiger charge is -2.28. The number of nitrogens with one attached hydrogen (secondary N) is 2. The summed E-state index contributed by atoms with van der Waals surface area (Å²) in [5.74, 6) is -2.03. The van der Waals surface area contributed by atoms with E-state index in [1.54, 1.807) is 109 Å². The van der Waals surface area contributed by atoms with Crippen LogP contribution >= 0.6 is 0 Å². The normalized spacial score (nSPS) is 19.0. The molecule has 4 amide bonds. The van der Waals surface area contributed by atoms with Crippen LogP contribution in [0.1, 0.15) is 58.0 Å². The van der Waals surface area contributed by atoms with E-state index in [0.717, 1.165) is 18.4 Å². The Hall–Kier alpha value is -5.58. The van der Waals surface area contributed by atoms with Gasteiger partial charge in [-0.1, -0.05) is 67.6 Å². The van der Waals surface area contributed by atoms with Crippen LogP contribution in [-0.2, 0) is 21.7 Å². The van der Waals surface area contributed by atoms with Crippen molar-refractivity contribution in [3.63, 3.8) is 0 Å². The highest BCUT2D eigenvalue weighted by molar-refractivity contribution is 6.09. The molecule has 0 bridgehead atoms. The number of likely N-dealkylation sites (tertiary alicyclic amines) is 1. The van der Waals surface area contributed by atoms with Gasteiger partial charge in [0.25, 0.3) is 17.7 Å². The van der Waals surface area contributed by atoms with E-state index >= 15 is 0 Å². The summed E-state index contributed by atoms with van der Waals surface area (Å²) >= 11 is 0. The third kappa shape index (κ3) is 7.08. The Labute approximate surface area is 291 Å². The van der Waals surface area contributed by atoms with Gasteiger partial charge in [0, 0.05) is 46.9 Å². The minimum Gasteiger partial charge on any atom is -0.394 e. The first-order valence-corrected chi connectivity index (χ1v) is 16.8. The molecule has 2 aliphatic rings. The van der Waals surface area contributed by atoms with Gasteiger partial charge >= 0.3 is 0 Å². The quantitative estimate of drug-likeness (QED) is 0.156. The molecule has 0 unspecified atom stereocenters. The second kappa shape index (κ2) is 14.9. The molecule has 0 aliphatic carbocycles. The molecule has 50 heavy (non-hydrogen) atoms. The number of amides is 4. The predicted octanol–water partition coefficient (Wildman–Crippen LogP) is 5.49. The predicted molar refractivity (Wildman–Crippen MR) is 192 cm³/mol. The third-order valence-electron chi connectivity index (χ3n) is 9.41. The molecule has 3 atom stereocenters. The molecule has 1 fully saturated rings. The van der Waals surface area contributed by atoms with E-state index in [9.17, 15) is 29.4 Å². The largest absolute Gasteiger partial charge is 0.394 e. The summed E-state index contributed by atoms with van der Waals surface area (Å²) in [5.41, 5.74) is 1.45. The zero-order valence-electron chi connectivity index (χ0n) is 27.8. The van der Waals surface area contributed by atoms with Gasteiger partial charge in [0.1, 0.15) is 0 Å². The number of fused-ring (bicyclic) bond motifs is 1. The average Bonchev–Trinajstić information content (AvgIpc) is 3.70. The first-order chi connectivity index (χ1) is 24.2. The maximum atomic E-state index is 14.3. The summed E-state index contributed by atoms with van der Waals surface area (Å²) in [6, 6.07) is 29.6. The fraction of sp³-hybridized carbons (Fsp3) is 0.250. The third-order valence-corrected chi connectivity index (χ3v) is 9.41. The molecule has 0 saturated carbocycles. The number of aliphatic hydroxyl groups excluding tert-OH is 1. The second-order valence-corrected chi connectivity index (χ2v) is 12.7. The number of rotatable bonds is 11. The Bertz CT molecular complexity index is 1910. The van der Waals surface area contributed by atoms with Gasteiger partial charge in [-0.3, -0.25) is 19.2 Å². The number of nitrogens with zero attached hydrogens (tertiary/aromatic N) is 2. The molecule has 0 radical (unpaired) electrons. The maximum absolute atomic E-state index is 14.3. The summed E-state index contributed by atoms with van der Waals surface area (Å²) in [6.45, 7) is 2.32. The van der Waals surface area contributed by atoms with Crippen molar-refractivity contribution in [1.29, 1.82) is 0 Å². The Kier molecular flexibility index (Phi) is 10.2. The summed E-state index contributed by atoms with van der Waals surface area (Å²) in [4.78, 5) is 56.2.